The number of rotatable bonds is 4. The van der Waals surface area contributed by atoms with E-state index in [4.69, 9.17) is 18.9 Å². The fourth-order valence-corrected chi connectivity index (χ4v) is 9.14. The smallest absolute Gasteiger partial charge is 0.311 e. The maximum Gasteiger partial charge on any atom is 0.311 e. The zero-order valence-corrected chi connectivity index (χ0v) is 20.9. The largest absolute Gasteiger partial charge is 0.458 e. The Morgan fingerprint density at radius 2 is 1.88 bits per heavy atom. The van der Waals surface area contributed by atoms with Gasteiger partial charge in [0.2, 0.25) is 6.29 Å². The summed E-state index contributed by atoms with van der Waals surface area (Å²) in [6, 6.07) is 0. The van der Waals surface area contributed by atoms with E-state index in [-0.39, 0.29) is 41.0 Å². The van der Waals surface area contributed by atoms with Crippen molar-refractivity contribution in [1.82, 2.24) is 0 Å². The van der Waals surface area contributed by atoms with Crippen molar-refractivity contribution >= 4 is 17.9 Å². The highest BCUT2D eigenvalue weighted by molar-refractivity contribution is 5.76. The molecular formula is C26H38O8. The molecule has 190 valence electrons. The molecule has 6 unspecified atom stereocenters. The first-order valence-corrected chi connectivity index (χ1v) is 12.9. The lowest BCUT2D eigenvalue weighted by molar-refractivity contribution is -0.310. The van der Waals surface area contributed by atoms with Gasteiger partial charge in [-0.3, -0.25) is 14.4 Å². The van der Waals surface area contributed by atoms with E-state index in [9.17, 15) is 19.5 Å². The van der Waals surface area contributed by atoms with Gasteiger partial charge in [0.25, 0.3) is 0 Å². The molecule has 2 saturated heterocycles. The van der Waals surface area contributed by atoms with Crippen molar-refractivity contribution in [1.29, 1.82) is 0 Å². The summed E-state index contributed by atoms with van der Waals surface area (Å²) in [7, 11) is 0. The van der Waals surface area contributed by atoms with Gasteiger partial charge in [0, 0.05) is 25.2 Å². The zero-order chi connectivity index (χ0) is 24.6. The lowest BCUT2D eigenvalue weighted by Gasteiger charge is -2.68. The van der Waals surface area contributed by atoms with Crippen LogP contribution < -0.4 is 0 Å². The summed E-state index contributed by atoms with van der Waals surface area (Å²) in [6.45, 7) is 9.91. The van der Waals surface area contributed by atoms with Gasteiger partial charge >= 0.3 is 17.9 Å². The molecule has 2 heterocycles. The van der Waals surface area contributed by atoms with E-state index < -0.39 is 48.0 Å². The fourth-order valence-electron chi connectivity index (χ4n) is 9.14. The highest BCUT2D eigenvalue weighted by Crippen LogP contribution is 2.74. The predicted octanol–water partition coefficient (Wildman–Crippen LogP) is 3.34. The maximum absolute atomic E-state index is 12.9. The Bertz CT molecular complexity index is 884. The molecule has 0 aromatic heterocycles. The number of aliphatic hydroxyl groups excluding tert-OH is 1. The Hall–Kier alpha value is -1.67. The number of hydrogen-bond donors (Lipinski definition) is 1. The third-order valence-electron chi connectivity index (χ3n) is 9.92. The Balaban J connectivity index is 1.72. The Labute approximate surface area is 201 Å². The minimum absolute atomic E-state index is 0.0737. The summed E-state index contributed by atoms with van der Waals surface area (Å²) in [5, 5.41) is 11.5. The van der Waals surface area contributed by atoms with Gasteiger partial charge in [0.15, 0.2) is 12.4 Å². The summed E-state index contributed by atoms with van der Waals surface area (Å²) in [5.41, 5.74) is -1.56. The quantitative estimate of drug-likeness (QED) is 0.484. The maximum atomic E-state index is 12.9. The molecule has 0 aromatic rings. The van der Waals surface area contributed by atoms with Gasteiger partial charge in [-0.25, -0.2) is 0 Å². The molecule has 34 heavy (non-hydrogen) atoms. The number of aliphatic hydroxyl groups is 1. The summed E-state index contributed by atoms with van der Waals surface area (Å²) in [5.74, 6) is -2.19. The predicted molar refractivity (Wildman–Crippen MR) is 119 cm³/mol. The molecule has 8 heteroatoms. The van der Waals surface area contributed by atoms with Crippen molar-refractivity contribution in [3.63, 3.8) is 0 Å². The molecule has 8 nitrogen and oxygen atoms in total. The summed E-state index contributed by atoms with van der Waals surface area (Å²) >= 11 is 0. The van der Waals surface area contributed by atoms with E-state index in [0.29, 0.717) is 19.3 Å². The second-order valence-corrected chi connectivity index (χ2v) is 12.1. The van der Waals surface area contributed by atoms with Crippen LogP contribution in [0.2, 0.25) is 0 Å². The standard InChI is InChI=1S/C26H38O8/c1-6-8-16(28)32-18-19-24(3,4)11-7-12-25(19,5)15-10-9-14-17-22(33-21(14)29)34-23(30)26(15,17)20(18)31-13(2)27/h14-15,17-20,22-23,30H,6-12H2,1-5H3/t14?,15?,17?,18-,19+,20?,22+,23?,25-,26?/m1/s1. The van der Waals surface area contributed by atoms with Crippen molar-refractivity contribution in [2.24, 2.45) is 39.9 Å². The number of carbonyl (C=O) groups is 3. The third kappa shape index (κ3) is 3.06. The van der Waals surface area contributed by atoms with Gasteiger partial charge in [-0.15, -0.1) is 0 Å². The summed E-state index contributed by atoms with van der Waals surface area (Å²) < 4.78 is 23.7. The Morgan fingerprint density at radius 1 is 1.15 bits per heavy atom. The van der Waals surface area contributed by atoms with Crippen molar-refractivity contribution in [3.8, 4) is 0 Å². The average Bonchev–Trinajstić information content (AvgIpc) is 3.20. The van der Waals surface area contributed by atoms with Gasteiger partial charge in [0.05, 0.1) is 11.3 Å². The summed E-state index contributed by atoms with van der Waals surface area (Å²) in [6.07, 6.45) is 1.31. The molecule has 3 aliphatic carbocycles. The molecule has 1 N–H and O–H groups in total. The topological polar surface area (TPSA) is 108 Å². The first kappa shape index (κ1) is 24.0. The number of ether oxygens (including phenoxy) is 4. The zero-order valence-electron chi connectivity index (χ0n) is 20.9. The number of esters is 3. The van der Waals surface area contributed by atoms with E-state index >= 15 is 0 Å². The molecule has 2 aliphatic heterocycles. The van der Waals surface area contributed by atoms with Crippen LogP contribution >= 0.6 is 0 Å². The normalized spacial score (nSPS) is 48.2. The van der Waals surface area contributed by atoms with E-state index in [2.05, 4.69) is 20.8 Å². The molecule has 5 fully saturated rings. The molecule has 0 radical (unpaired) electrons. The summed E-state index contributed by atoms with van der Waals surface area (Å²) in [4.78, 5) is 38.2. The van der Waals surface area contributed by atoms with Crippen molar-refractivity contribution in [2.75, 3.05) is 0 Å². The van der Waals surface area contributed by atoms with Crippen LogP contribution in [0.1, 0.15) is 79.6 Å². The van der Waals surface area contributed by atoms with Crippen molar-refractivity contribution in [3.05, 3.63) is 0 Å². The molecule has 0 bridgehead atoms. The van der Waals surface area contributed by atoms with Crippen LogP contribution in [0.5, 0.6) is 0 Å². The van der Waals surface area contributed by atoms with Crippen LogP contribution in [-0.2, 0) is 33.3 Å². The first-order chi connectivity index (χ1) is 16.0. The molecule has 3 saturated carbocycles. The average molecular weight is 479 g/mol. The molecule has 5 aliphatic rings. The highest BCUT2D eigenvalue weighted by Gasteiger charge is 2.80. The molecular weight excluding hydrogens is 440 g/mol. The van der Waals surface area contributed by atoms with Crippen LogP contribution in [-0.4, -0.2) is 47.8 Å². The highest BCUT2D eigenvalue weighted by atomic mass is 16.8. The minimum Gasteiger partial charge on any atom is -0.458 e. The lowest BCUT2D eigenvalue weighted by Crippen LogP contribution is -2.73. The molecule has 0 aromatic carbocycles. The van der Waals surface area contributed by atoms with Crippen LogP contribution in [0.25, 0.3) is 0 Å². The van der Waals surface area contributed by atoms with E-state index in [1.165, 1.54) is 6.92 Å². The second-order valence-electron chi connectivity index (χ2n) is 12.1. The van der Waals surface area contributed by atoms with E-state index in [1.807, 2.05) is 6.92 Å². The van der Waals surface area contributed by atoms with Crippen molar-refractivity contribution in [2.45, 2.75) is 104 Å². The number of fused-ring (bicyclic) bond motifs is 2. The second kappa shape index (κ2) is 7.92. The van der Waals surface area contributed by atoms with Crippen molar-refractivity contribution < 1.29 is 38.4 Å². The molecule has 10 atom stereocenters. The van der Waals surface area contributed by atoms with Gasteiger partial charge < -0.3 is 24.1 Å². The first-order valence-electron chi connectivity index (χ1n) is 12.9. The monoisotopic (exact) mass is 478 g/mol. The Morgan fingerprint density at radius 3 is 2.56 bits per heavy atom. The van der Waals surface area contributed by atoms with Gasteiger partial charge in [-0.05, 0) is 48.9 Å². The van der Waals surface area contributed by atoms with Gasteiger partial charge in [0.1, 0.15) is 6.10 Å². The lowest BCUT2D eigenvalue weighted by atomic mass is 9.37. The SMILES string of the molecule is CCCC(=O)O[C@H]1C(OC(C)=O)C23C(O)O[C@@H]4OC(=O)C(CCC2[C@@]2(C)CCCC(C)(C)[C@H]12)C43. The van der Waals surface area contributed by atoms with E-state index in [0.717, 1.165) is 19.3 Å². The Kier molecular flexibility index (Phi) is 5.60. The molecule has 0 amide bonds. The van der Waals surface area contributed by atoms with Gasteiger partial charge in [-0.2, -0.15) is 0 Å². The minimum atomic E-state index is -1.29. The molecule has 5 rings (SSSR count). The third-order valence-corrected chi connectivity index (χ3v) is 9.92. The van der Waals surface area contributed by atoms with Crippen LogP contribution in [0.3, 0.4) is 0 Å². The van der Waals surface area contributed by atoms with Crippen LogP contribution in [0, 0.1) is 39.9 Å². The van der Waals surface area contributed by atoms with Crippen LogP contribution in [0.4, 0.5) is 0 Å². The van der Waals surface area contributed by atoms with Gasteiger partial charge in [-0.1, -0.05) is 34.1 Å². The number of hydrogen-bond acceptors (Lipinski definition) is 8. The van der Waals surface area contributed by atoms with E-state index in [1.54, 1.807) is 0 Å². The van der Waals surface area contributed by atoms with Crippen LogP contribution in [0.15, 0.2) is 0 Å². The molecule has 1 spiro atoms. The fraction of sp³-hybridized carbons (Fsp3) is 0.885. The number of carbonyl (C=O) groups excluding carboxylic acids is 3.